The average Bonchev–Trinajstić information content (AvgIpc) is 2.93. The molecule has 1 aliphatic rings. The molecule has 1 atom stereocenters. The highest BCUT2D eigenvalue weighted by atomic mass is 19.1. The Morgan fingerprint density at radius 3 is 2.95 bits per heavy atom. The largest absolute Gasteiger partial charge is 0.371 e. The van der Waals surface area contributed by atoms with Gasteiger partial charge in [0.25, 0.3) is 0 Å². The van der Waals surface area contributed by atoms with E-state index in [1.54, 1.807) is 6.92 Å². The quantitative estimate of drug-likeness (QED) is 0.869. The van der Waals surface area contributed by atoms with Gasteiger partial charge in [0.15, 0.2) is 0 Å². The van der Waals surface area contributed by atoms with Gasteiger partial charge < -0.3 is 4.74 Å². The molecule has 0 radical (unpaired) electrons. The maximum absolute atomic E-state index is 13.4. The van der Waals surface area contributed by atoms with Gasteiger partial charge in [-0.05, 0) is 30.2 Å². The van der Waals surface area contributed by atoms with Crippen molar-refractivity contribution in [1.82, 2.24) is 14.7 Å². The number of aromatic nitrogens is 2. The minimum absolute atomic E-state index is 0.0274. The van der Waals surface area contributed by atoms with Gasteiger partial charge in [-0.1, -0.05) is 12.1 Å². The van der Waals surface area contributed by atoms with Gasteiger partial charge in [0.2, 0.25) is 0 Å². The second kappa shape index (κ2) is 6.58. The summed E-state index contributed by atoms with van der Waals surface area (Å²) in [5.74, 6) is -0.160. The number of ether oxygens (including phenoxy) is 1. The number of benzene rings is 1. The number of morpholine rings is 1. The van der Waals surface area contributed by atoms with Crippen molar-refractivity contribution in [2.75, 3.05) is 26.2 Å². The fourth-order valence-electron chi connectivity index (χ4n) is 2.89. The molecule has 1 aromatic carbocycles. The van der Waals surface area contributed by atoms with Crippen LogP contribution in [0, 0.1) is 12.7 Å². The first kappa shape index (κ1) is 15.2. The first-order valence-corrected chi connectivity index (χ1v) is 7.70. The lowest BCUT2D eigenvalue weighted by atomic mass is 10.0. The SMILES string of the molecule is Cc1cc([C@H]2CN(CCc3ccnn3C)CCO2)ccc1F. The number of hydrogen-bond acceptors (Lipinski definition) is 3. The number of aryl methyl sites for hydroxylation is 2. The first-order valence-electron chi connectivity index (χ1n) is 7.70. The standard InChI is InChI=1S/C17H22FN3O/c1-13-11-14(3-4-16(13)18)17-12-21(9-10-22-17)8-6-15-5-7-19-20(15)2/h3-5,7,11,17H,6,8-10,12H2,1-2H3/t17-/m1/s1. The second-order valence-corrected chi connectivity index (χ2v) is 5.86. The zero-order chi connectivity index (χ0) is 15.5. The highest BCUT2D eigenvalue weighted by Crippen LogP contribution is 2.24. The van der Waals surface area contributed by atoms with Crippen LogP contribution >= 0.6 is 0 Å². The monoisotopic (exact) mass is 303 g/mol. The minimum atomic E-state index is -0.160. The predicted octanol–water partition coefficient (Wildman–Crippen LogP) is 2.48. The van der Waals surface area contributed by atoms with E-state index >= 15 is 0 Å². The van der Waals surface area contributed by atoms with Crippen LogP contribution in [0.15, 0.2) is 30.5 Å². The molecule has 0 aliphatic carbocycles. The van der Waals surface area contributed by atoms with Crippen LogP contribution in [0.1, 0.15) is 22.9 Å². The Hall–Kier alpha value is -1.72. The molecule has 118 valence electrons. The van der Waals surface area contributed by atoms with Crippen LogP contribution in [0.5, 0.6) is 0 Å². The third-order valence-electron chi connectivity index (χ3n) is 4.31. The average molecular weight is 303 g/mol. The van der Waals surface area contributed by atoms with Gasteiger partial charge in [-0.2, -0.15) is 5.10 Å². The molecule has 4 nitrogen and oxygen atoms in total. The Labute approximate surface area is 130 Å². The number of rotatable bonds is 4. The Bertz CT molecular complexity index is 641. The third-order valence-corrected chi connectivity index (χ3v) is 4.31. The van der Waals surface area contributed by atoms with Crippen molar-refractivity contribution in [3.8, 4) is 0 Å². The summed E-state index contributed by atoms with van der Waals surface area (Å²) in [7, 11) is 1.97. The van der Waals surface area contributed by atoms with Crippen molar-refractivity contribution in [1.29, 1.82) is 0 Å². The predicted molar refractivity (Wildman–Crippen MR) is 83.2 cm³/mol. The van der Waals surface area contributed by atoms with Gasteiger partial charge in [-0.3, -0.25) is 9.58 Å². The van der Waals surface area contributed by atoms with E-state index in [1.165, 1.54) is 11.8 Å². The van der Waals surface area contributed by atoms with Crippen LogP contribution in [-0.4, -0.2) is 40.9 Å². The van der Waals surface area contributed by atoms with Crippen molar-refractivity contribution in [3.05, 3.63) is 53.1 Å². The fourth-order valence-corrected chi connectivity index (χ4v) is 2.89. The number of nitrogens with zero attached hydrogens (tertiary/aromatic N) is 3. The molecule has 0 bridgehead atoms. The molecule has 22 heavy (non-hydrogen) atoms. The molecular formula is C17H22FN3O. The van der Waals surface area contributed by atoms with Crippen molar-refractivity contribution in [3.63, 3.8) is 0 Å². The Morgan fingerprint density at radius 1 is 1.36 bits per heavy atom. The molecule has 1 fully saturated rings. The molecule has 1 aromatic heterocycles. The van der Waals surface area contributed by atoms with Crippen molar-refractivity contribution in [2.45, 2.75) is 19.4 Å². The van der Waals surface area contributed by atoms with Crippen LogP contribution in [0.4, 0.5) is 4.39 Å². The number of hydrogen-bond donors (Lipinski definition) is 0. The van der Waals surface area contributed by atoms with Crippen LogP contribution in [-0.2, 0) is 18.2 Å². The van der Waals surface area contributed by atoms with E-state index in [1.807, 2.05) is 30.1 Å². The highest BCUT2D eigenvalue weighted by Gasteiger charge is 2.22. The van der Waals surface area contributed by atoms with E-state index < -0.39 is 0 Å². The van der Waals surface area contributed by atoms with Crippen LogP contribution < -0.4 is 0 Å². The molecule has 0 N–H and O–H groups in total. The molecular weight excluding hydrogens is 281 g/mol. The van der Waals surface area contributed by atoms with Gasteiger partial charge in [0, 0.05) is 45.0 Å². The lowest BCUT2D eigenvalue weighted by molar-refractivity contribution is -0.0297. The summed E-state index contributed by atoms with van der Waals surface area (Å²) in [6.45, 7) is 5.28. The van der Waals surface area contributed by atoms with Crippen LogP contribution in [0.3, 0.4) is 0 Å². The van der Waals surface area contributed by atoms with Gasteiger partial charge in [0.05, 0.1) is 12.7 Å². The third kappa shape index (κ3) is 3.36. The van der Waals surface area contributed by atoms with E-state index in [4.69, 9.17) is 4.74 Å². The summed E-state index contributed by atoms with van der Waals surface area (Å²) in [5.41, 5.74) is 2.97. The maximum atomic E-state index is 13.4. The normalized spacial score (nSPS) is 19.5. The molecule has 3 rings (SSSR count). The van der Waals surface area contributed by atoms with Crippen molar-refractivity contribution in [2.24, 2.45) is 7.05 Å². The van der Waals surface area contributed by atoms with Gasteiger partial charge in [0.1, 0.15) is 5.82 Å². The van der Waals surface area contributed by atoms with E-state index in [-0.39, 0.29) is 11.9 Å². The minimum Gasteiger partial charge on any atom is -0.371 e. The van der Waals surface area contributed by atoms with Gasteiger partial charge in [-0.15, -0.1) is 0 Å². The van der Waals surface area contributed by atoms with Crippen LogP contribution in [0.2, 0.25) is 0 Å². The molecule has 0 saturated carbocycles. The summed E-state index contributed by atoms with van der Waals surface area (Å²) in [6.07, 6.45) is 2.84. The molecule has 1 aliphatic heterocycles. The first-order chi connectivity index (χ1) is 10.6. The van der Waals surface area contributed by atoms with E-state index in [9.17, 15) is 4.39 Å². The Balaban J connectivity index is 1.61. The zero-order valence-electron chi connectivity index (χ0n) is 13.1. The van der Waals surface area contributed by atoms with E-state index in [0.29, 0.717) is 12.2 Å². The molecule has 0 unspecified atom stereocenters. The summed E-state index contributed by atoms with van der Waals surface area (Å²) < 4.78 is 21.2. The number of halogens is 1. The second-order valence-electron chi connectivity index (χ2n) is 5.86. The Kier molecular flexibility index (Phi) is 4.55. The smallest absolute Gasteiger partial charge is 0.126 e. The van der Waals surface area contributed by atoms with E-state index in [2.05, 4.69) is 16.1 Å². The molecule has 2 heterocycles. The summed E-state index contributed by atoms with van der Waals surface area (Å²) >= 11 is 0. The summed E-state index contributed by atoms with van der Waals surface area (Å²) in [4.78, 5) is 2.40. The molecule has 2 aromatic rings. The summed E-state index contributed by atoms with van der Waals surface area (Å²) in [5, 5.41) is 4.20. The lowest BCUT2D eigenvalue weighted by Crippen LogP contribution is -2.39. The lowest BCUT2D eigenvalue weighted by Gasteiger charge is -2.33. The van der Waals surface area contributed by atoms with Gasteiger partial charge in [-0.25, -0.2) is 4.39 Å². The topological polar surface area (TPSA) is 30.3 Å². The zero-order valence-corrected chi connectivity index (χ0v) is 13.1. The molecule has 1 saturated heterocycles. The van der Waals surface area contributed by atoms with E-state index in [0.717, 1.165) is 31.6 Å². The molecule has 5 heteroatoms. The maximum Gasteiger partial charge on any atom is 0.126 e. The van der Waals surface area contributed by atoms with Crippen LogP contribution in [0.25, 0.3) is 0 Å². The Morgan fingerprint density at radius 2 is 2.23 bits per heavy atom. The van der Waals surface area contributed by atoms with Gasteiger partial charge >= 0.3 is 0 Å². The highest BCUT2D eigenvalue weighted by molar-refractivity contribution is 5.26. The molecule has 0 spiro atoms. The van der Waals surface area contributed by atoms with Crippen molar-refractivity contribution >= 4 is 0 Å². The fraction of sp³-hybridized carbons (Fsp3) is 0.471. The summed E-state index contributed by atoms with van der Waals surface area (Å²) in [6, 6.07) is 7.31. The molecule has 0 amide bonds. The van der Waals surface area contributed by atoms with Crippen molar-refractivity contribution < 1.29 is 9.13 Å².